The second kappa shape index (κ2) is 5.64. The van der Waals surface area contributed by atoms with Gasteiger partial charge in [-0.2, -0.15) is 0 Å². The van der Waals surface area contributed by atoms with Crippen LogP contribution in [0.4, 0.5) is 4.79 Å². The van der Waals surface area contributed by atoms with Crippen LogP contribution in [0, 0.1) is 5.92 Å². The lowest BCUT2D eigenvalue weighted by Crippen LogP contribution is -2.44. The van der Waals surface area contributed by atoms with Crippen LogP contribution < -0.4 is 25.4 Å². The highest BCUT2D eigenvalue weighted by molar-refractivity contribution is 5.90. The van der Waals surface area contributed by atoms with E-state index in [4.69, 9.17) is 9.47 Å². The van der Waals surface area contributed by atoms with Gasteiger partial charge in [-0.15, -0.1) is 0 Å². The first-order chi connectivity index (χ1) is 11.2. The van der Waals surface area contributed by atoms with Gasteiger partial charge in [-0.05, 0) is 36.5 Å². The van der Waals surface area contributed by atoms with Crippen LogP contribution in [0.5, 0.6) is 11.5 Å². The van der Waals surface area contributed by atoms with Crippen LogP contribution in [0.25, 0.3) is 0 Å². The van der Waals surface area contributed by atoms with Crippen LogP contribution >= 0.6 is 0 Å². The standard InChI is InChI=1S/C16H19N3O4/c20-15(11-8-17-16(21)18-11)19-14(9-1-2-9)10-3-4-12-13(7-10)23-6-5-22-12/h3-4,7,9,11,14H,1-2,5-6,8H2,(H,19,20)(H2,17,18,21)/t11-,14+/m0/s1. The van der Waals surface area contributed by atoms with Crippen LogP contribution in [0.1, 0.15) is 24.4 Å². The topological polar surface area (TPSA) is 88.7 Å². The molecule has 1 aliphatic carbocycles. The van der Waals surface area contributed by atoms with Crippen molar-refractivity contribution in [3.63, 3.8) is 0 Å². The van der Waals surface area contributed by atoms with Crippen molar-refractivity contribution in [2.24, 2.45) is 5.92 Å². The molecule has 122 valence electrons. The summed E-state index contributed by atoms with van der Waals surface area (Å²) in [5, 5.41) is 8.29. The van der Waals surface area contributed by atoms with E-state index in [1.165, 1.54) is 0 Å². The van der Waals surface area contributed by atoms with Gasteiger partial charge in [-0.1, -0.05) is 6.07 Å². The average Bonchev–Trinajstić information content (AvgIpc) is 3.32. The third kappa shape index (κ3) is 2.91. The first kappa shape index (κ1) is 14.2. The van der Waals surface area contributed by atoms with E-state index in [0.29, 0.717) is 25.7 Å². The quantitative estimate of drug-likeness (QED) is 0.763. The number of carbonyl (C=O) groups is 2. The van der Waals surface area contributed by atoms with Crippen molar-refractivity contribution in [3.05, 3.63) is 23.8 Å². The molecule has 1 aromatic rings. The Balaban J connectivity index is 1.51. The average molecular weight is 317 g/mol. The van der Waals surface area contributed by atoms with E-state index in [1.807, 2.05) is 18.2 Å². The fraction of sp³-hybridized carbons (Fsp3) is 0.500. The molecule has 7 nitrogen and oxygen atoms in total. The molecule has 1 saturated carbocycles. The summed E-state index contributed by atoms with van der Waals surface area (Å²) in [5.41, 5.74) is 1.02. The number of ether oxygens (including phenoxy) is 2. The molecule has 2 atom stereocenters. The Morgan fingerprint density at radius 2 is 2.00 bits per heavy atom. The molecule has 2 heterocycles. The minimum atomic E-state index is -0.513. The van der Waals surface area contributed by atoms with Crippen LogP contribution in [0.15, 0.2) is 18.2 Å². The molecule has 1 saturated heterocycles. The lowest BCUT2D eigenvalue weighted by Gasteiger charge is -2.24. The summed E-state index contributed by atoms with van der Waals surface area (Å²) in [5.74, 6) is 1.75. The Morgan fingerprint density at radius 1 is 1.22 bits per heavy atom. The molecular weight excluding hydrogens is 298 g/mol. The SMILES string of the molecule is O=C1NC[C@@H](C(=O)N[C@@H](c2ccc3c(c2)OCCO3)C2CC2)N1. The Hall–Kier alpha value is -2.44. The lowest BCUT2D eigenvalue weighted by atomic mass is 10.0. The Labute approximate surface area is 133 Å². The molecule has 2 fully saturated rings. The number of benzene rings is 1. The number of hydrogen-bond donors (Lipinski definition) is 3. The first-order valence-corrected chi connectivity index (χ1v) is 7.95. The molecular formula is C16H19N3O4. The third-order valence-electron chi connectivity index (χ3n) is 4.41. The first-order valence-electron chi connectivity index (χ1n) is 7.95. The molecule has 1 aromatic carbocycles. The minimum absolute atomic E-state index is 0.0594. The van der Waals surface area contributed by atoms with E-state index in [-0.39, 0.29) is 18.0 Å². The molecule has 3 N–H and O–H groups in total. The number of urea groups is 1. The predicted molar refractivity (Wildman–Crippen MR) is 81.4 cm³/mol. The van der Waals surface area contributed by atoms with Crippen molar-refractivity contribution in [1.29, 1.82) is 0 Å². The second-order valence-corrected chi connectivity index (χ2v) is 6.13. The van der Waals surface area contributed by atoms with Gasteiger partial charge in [-0.25, -0.2) is 4.79 Å². The number of fused-ring (bicyclic) bond motifs is 1. The van der Waals surface area contributed by atoms with Crippen LogP contribution in [0.3, 0.4) is 0 Å². The second-order valence-electron chi connectivity index (χ2n) is 6.13. The summed E-state index contributed by atoms with van der Waals surface area (Å²) in [6.07, 6.45) is 2.18. The zero-order valence-electron chi connectivity index (χ0n) is 12.6. The maximum Gasteiger partial charge on any atom is 0.315 e. The molecule has 0 aromatic heterocycles. The zero-order chi connectivity index (χ0) is 15.8. The number of rotatable bonds is 4. The van der Waals surface area contributed by atoms with Gasteiger partial charge < -0.3 is 25.4 Å². The summed E-state index contributed by atoms with van der Waals surface area (Å²) in [4.78, 5) is 23.6. The summed E-state index contributed by atoms with van der Waals surface area (Å²) in [7, 11) is 0. The van der Waals surface area contributed by atoms with Crippen LogP contribution in [-0.4, -0.2) is 37.7 Å². The van der Waals surface area contributed by atoms with Crippen molar-refractivity contribution in [2.45, 2.75) is 24.9 Å². The van der Waals surface area contributed by atoms with Crippen LogP contribution in [-0.2, 0) is 4.79 Å². The van der Waals surface area contributed by atoms with Gasteiger partial charge in [-0.3, -0.25) is 4.79 Å². The van der Waals surface area contributed by atoms with Crippen molar-refractivity contribution >= 4 is 11.9 Å². The van der Waals surface area contributed by atoms with Gasteiger partial charge in [0, 0.05) is 6.54 Å². The summed E-state index contributed by atoms with van der Waals surface area (Å²) in [6.45, 7) is 1.42. The van der Waals surface area contributed by atoms with Gasteiger partial charge >= 0.3 is 6.03 Å². The van der Waals surface area contributed by atoms with Crippen molar-refractivity contribution in [1.82, 2.24) is 16.0 Å². The van der Waals surface area contributed by atoms with Gasteiger partial charge in [0.25, 0.3) is 0 Å². The molecule has 0 unspecified atom stereocenters. The Kier molecular flexibility index (Phi) is 3.48. The monoisotopic (exact) mass is 317 g/mol. The summed E-state index contributed by atoms with van der Waals surface area (Å²) < 4.78 is 11.2. The third-order valence-corrected chi connectivity index (χ3v) is 4.41. The molecule has 3 aliphatic rings. The molecule has 4 rings (SSSR count). The van der Waals surface area contributed by atoms with E-state index >= 15 is 0 Å². The van der Waals surface area contributed by atoms with E-state index in [9.17, 15) is 9.59 Å². The molecule has 0 bridgehead atoms. The van der Waals surface area contributed by atoms with Gasteiger partial charge in [0.2, 0.25) is 5.91 Å². The fourth-order valence-electron chi connectivity index (χ4n) is 3.02. The highest BCUT2D eigenvalue weighted by Gasteiger charge is 2.36. The van der Waals surface area contributed by atoms with Crippen molar-refractivity contribution < 1.29 is 19.1 Å². The summed E-state index contributed by atoms with van der Waals surface area (Å²) >= 11 is 0. The van der Waals surface area contributed by atoms with Crippen molar-refractivity contribution in [3.8, 4) is 11.5 Å². The number of hydrogen-bond acceptors (Lipinski definition) is 4. The molecule has 23 heavy (non-hydrogen) atoms. The predicted octanol–water partition coefficient (Wildman–Crippen LogP) is 0.706. The Bertz CT molecular complexity index is 644. The maximum atomic E-state index is 12.4. The number of carbonyl (C=O) groups excluding carboxylic acids is 2. The number of amides is 3. The smallest absolute Gasteiger partial charge is 0.315 e. The largest absolute Gasteiger partial charge is 0.486 e. The molecule has 0 radical (unpaired) electrons. The maximum absolute atomic E-state index is 12.4. The van der Waals surface area contributed by atoms with Gasteiger partial charge in [0.1, 0.15) is 19.3 Å². The normalized spacial score (nSPS) is 23.7. The minimum Gasteiger partial charge on any atom is -0.486 e. The molecule has 3 amide bonds. The lowest BCUT2D eigenvalue weighted by molar-refractivity contribution is -0.123. The summed E-state index contributed by atoms with van der Waals surface area (Å²) in [6, 6.07) is 4.94. The van der Waals surface area contributed by atoms with E-state index in [1.54, 1.807) is 0 Å². The Morgan fingerprint density at radius 3 is 2.70 bits per heavy atom. The van der Waals surface area contributed by atoms with E-state index in [2.05, 4.69) is 16.0 Å². The van der Waals surface area contributed by atoms with E-state index < -0.39 is 6.04 Å². The van der Waals surface area contributed by atoms with Gasteiger partial charge in [0.15, 0.2) is 11.5 Å². The van der Waals surface area contributed by atoms with Gasteiger partial charge in [0.05, 0.1) is 6.04 Å². The highest BCUT2D eigenvalue weighted by atomic mass is 16.6. The fourth-order valence-corrected chi connectivity index (χ4v) is 3.02. The molecule has 0 spiro atoms. The molecule has 7 heteroatoms. The molecule has 2 aliphatic heterocycles. The highest BCUT2D eigenvalue weighted by Crippen LogP contribution is 2.43. The van der Waals surface area contributed by atoms with E-state index in [0.717, 1.165) is 29.9 Å². The zero-order valence-corrected chi connectivity index (χ0v) is 12.6. The van der Waals surface area contributed by atoms with Crippen LogP contribution in [0.2, 0.25) is 0 Å². The number of nitrogens with one attached hydrogen (secondary N) is 3. The van der Waals surface area contributed by atoms with Crippen molar-refractivity contribution in [2.75, 3.05) is 19.8 Å².